The molecule has 24 heteroatoms. The van der Waals surface area contributed by atoms with Gasteiger partial charge in [-0.1, -0.05) is 50.0 Å². The number of carbonyl (C=O) groups is 8. The average Bonchev–Trinajstić information content (AvgIpc) is 3.23. The number of rotatable bonds is 19. The molecule has 23 nitrogen and oxygen atoms in total. The van der Waals surface area contributed by atoms with Crippen molar-refractivity contribution in [3.63, 3.8) is 0 Å². The van der Waals surface area contributed by atoms with Gasteiger partial charge in [0, 0.05) is 20.2 Å². The van der Waals surface area contributed by atoms with E-state index in [1.807, 2.05) is 30.3 Å². The summed E-state index contributed by atoms with van der Waals surface area (Å²) in [5, 5.41) is 5.98. The number of nitrogens with one attached hydrogen (secondary N) is 2. The Kier molecular flexibility index (Phi) is 25.0. The number of nitrogens with zero attached hydrogens (tertiary/aromatic N) is 5. The van der Waals surface area contributed by atoms with Crippen molar-refractivity contribution in [3.8, 4) is 0 Å². The molecule has 1 aromatic heterocycles. The van der Waals surface area contributed by atoms with Crippen LogP contribution >= 0.6 is 0 Å². The number of unbranched alkanes of at least 4 members (excludes halogenated alkanes) is 1. The van der Waals surface area contributed by atoms with Crippen molar-refractivity contribution in [2.24, 2.45) is 0 Å². The molecule has 7 amide bonds. The summed E-state index contributed by atoms with van der Waals surface area (Å²) in [7, 11) is -1.62. The molecule has 2 aromatic rings. The molecule has 1 heterocycles. The summed E-state index contributed by atoms with van der Waals surface area (Å²) in [4.78, 5) is 124. The molecule has 2 rings (SSSR count). The number of anilines is 3. The Bertz CT molecular complexity index is 2280. The average molecular weight is 1150 g/mol. The Morgan fingerprint density at radius 2 is 0.900 bits per heavy atom. The van der Waals surface area contributed by atoms with E-state index in [9.17, 15) is 38.4 Å². The lowest BCUT2D eigenvalue weighted by molar-refractivity contribution is -0.145. The first-order chi connectivity index (χ1) is 36.4. The zero-order valence-electron chi connectivity index (χ0n) is 51.3. The third-order valence-corrected chi connectivity index (χ3v) is 11.5. The predicted molar refractivity (Wildman–Crippen MR) is 305 cm³/mol. The Labute approximate surface area is 474 Å². The van der Waals surface area contributed by atoms with Crippen LogP contribution in [0, 0.1) is 0 Å². The van der Waals surface area contributed by atoms with Gasteiger partial charge in [-0.2, -0.15) is 19.8 Å². The molecule has 0 aliphatic carbocycles. The summed E-state index contributed by atoms with van der Waals surface area (Å²) in [5.74, 6) is -2.92. The molecule has 0 aliphatic rings. The van der Waals surface area contributed by atoms with Crippen molar-refractivity contribution in [2.45, 2.75) is 229 Å². The van der Waals surface area contributed by atoms with Crippen LogP contribution in [0.3, 0.4) is 0 Å². The third kappa shape index (κ3) is 27.1. The first-order valence-corrected chi connectivity index (χ1v) is 30.6. The number of alkyl carbamates (subject to hydrolysis) is 1. The van der Waals surface area contributed by atoms with Gasteiger partial charge in [0.1, 0.15) is 46.3 Å². The van der Waals surface area contributed by atoms with Gasteiger partial charge in [-0.3, -0.25) is 4.79 Å². The number of aromatic nitrogens is 2. The SMILES string of the molecule is CC(C)(C)OC(=O)N(C(=O)OC(C)(C)C)c1nc(N(C(=O)OC(C)(C)C)C(=O)OC(C)(C)C)c(CCCN[C@@H](CCCCNC(=O)OCc2ccccc2)C(=O)OCC[Si](C)(C)C)c(N(C(=O)OC(C)(C)C)C(=O)OC(C)(C)C)n1. The van der Waals surface area contributed by atoms with Gasteiger partial charge in [-0.05, 0) is 175 Å². The van der Waals surface area contributed by atoms with Crippen LogP contribution < -0.4 is 25.3 Å². The van der Waals surface area contributed by atoms with Gasteiger partial charge in [0.2, 0.25) is 5.95 Å². The summed E-state index contributed by atoms with van der Waals surface area (Å²) in [6.07, 6.45) is -8.05. The predicted octanol–water partition coefficient (Wildman–Crippen LogP) is 12.4. The summed E-state index contributed by atoms with van der Waals surface area (Å²) >= 11 is 0. The van der Waals surface area contributed by atoms with E-state index >= 15 is 0 Å². The Morgan fingerprint density at radius 1 is 0.512 bits per heavy atom. The van der Waals surface area contributed by atoms with Gasteiger partial charge < -0.3 is 48.5 Å². The van der Waals surface area contributed by atoms with E-state index in [4.69, 9.17) is 37.9 Å². The van der Waals surface area contributed by atoms with Crippen LogP contribution in [0.25, 0.3) is 0 Å². The summed E-state index contributed by atoms with van der Waals surface area (Å²) in [6.45, 7) is 34.5. The van der Waals surface area contributed by atoms with Gasteiger partial charge in [-0.25, -0.2) is 33.6 Å². The quantitative estimate of drug-likeness (QED) is 0.0572. The monoisotopic (exact) mass is 1150 g/mol. The van der Waals surface area contributed by atoms with E-state index in [1.54, 1.807) is 0 Å². The van der Waals surface area contributed by atoms with Crippen LogP contribution in [0.2, 0.25) is 25.7 Å². The maximum atomic E-state index is 14.7. The number of hydrogen-bond donors (Lipinski definition) is 2. The van der Waals surface area contributed by atoms with Crippen molar-refractivity contribution in [1.29, 1.82) is 0 Å². The Balaban J connectivity index is 3.05. The Hall–Kier alpha value is -6.56. The molecule has 0 unspecified atom stereocenters. The second-order valence-electron chi connectivity index (χ2n) is 26.1. The molecule has 450 valence electrons. The first-order valence-electron chi connectivity index (χ1n) is 26.9. The zero-order chi connectivity index (χ0) is 61.4. The molecule has 0 bridgehead atoms. The summed E-state index contributed by atoms with van der Waals surface area (Å²) in [5.41, 5.74) is -7.12. The molecule has 1 aromatic carbocycles. The third-order valence-electron chi connectivity index (χ3n) is 9.81. The molecule has 0 spiro atoms. The normalized spacial score (nSPS) is 12.7. The largest absolute Gasteiger partial charge is 0.465 e. The topological polar surface area (TPSA) is 270 Å². The van der Waals surface area contributed by atoms with Crippen molar-refractivity contribution in [2.75, 3.05) is 34.4 Å². The Morgan fingerprint density at radius 3 is 1.27 bits per heavy atom. The standard InChI is InChI=1S/C56H91N7O16Si/c1-51(2,3)74-45(66)61(46(67)75-52(4,5)6)40-38(30-27-33-57-39(42(64)72-34-35-80(19,20)21)31-25-26-32-58-44(65)73-36-37-28-23-22-24-29-37)41(62(47(68)76-53(7,8)9)48(69)77-54(10,11)12)60-43(59-40)63(49(70)78-55(13,14)15)50(71)79-56(16,17)18/h22-24,28-29,39,57H,25-27,30-36H2,1-21H3,(H,58,65)/t39-/m0/s1. The fourth-order valence-electron chi connectivity index (χ4n) is 6.56. The number of esters is 1. The van der Waals surface area contributed by atoms with Gasteiger partial charge >= 0.3 is 48.6 Å². The zero-order valence-corrected chi connectivity index (χ0v) is 52.3. The number of carbonyl (C=O) groups excluding carboxylic acids is 8. The number of hydrogen-bond acceptors (Lipinski definition) is 19. The van der Waals surface area contributed by atoms with E-state index < -0.39 is 114 Å². The summed E-state index contributed by atoms with van der Waals surface area (Å²) < 4.78 is 45.5. The molecule has 1 atom stereocenters. The molecule has 80 heavy (non-hydrogen) atoms. The second kappa shape index (κ2) is 28.7. The number of amides is 7. The highest BCUT2D eigenvalue weighted by molar-refractivity contribution is 6.76. The van der Waals surface area contributed by atoms with Crippen LogP contribution in [-0.4, -0.2) is 126 Å². The van der Waals surface area contributed by atoms with Crippen molar-refractivity contribution >= 4 is 74.3 Å². The van der Waals surface area contributed by atoms with Crippen LogP contribution in [0.4, 0.5) is 51.1 Å². The van der Waals surface area contributed by atoms with Crippen LogP contribution in [0.5, 0.6) is 0 Å². The van der Waals surface area contributed by atoms with Crippen LogP contribution in [0.1, 0.15) is 161 Å². The van der Waals surface area contributed by atoms with Gasteiger partial charge in [0.25, 0.3) is 0 Å². The molecule has 0 saturated heterocycles. The fourth-order valence-corrected chi connectivity index (χ4v) is 7.28. The van der Waals surface area contributed by atoms with E-state index in [2.05, 4.69) is 40.2 Å². The van der Waals surface area contributed by atoms with Crippen LogP contribution in [-0.2, 0) is 55.7 Å². The van der Waals surface area contributed by atoms with Gasteiger partial charge in [-0.15, -0.1) is 4.90 Å². The van der Waals surface area contributed by atoms with E-state index in [0.717, 1.165) is 5.56 Å². The molecule has 0 saturated carbocycles. The number of ether oxygens (including phenoxy) is 8. The molecule has 0 aliphatic heterocycles. The van der Waals surface area contributed by atoms with Crippen molar-refractivity contribution in [1.82, 2.24) is 20.6 Å². The number of benzene rings is 1. The molecular formula is C56H91N7O16Si. The lowest BCUT2D eigenvalue weighted by Crippen LogP contribution is -2.48. The van der Waals surface area contributed by atoms with E-state index in [1.165, 1.54) is 125 Å². The fraction of sp³-hybridized carbons (Fsp3) is 0.679. The van der Waals surface area contributed by atoms with Crippen molar-refractivity contribution < 1.29 is 76.3 Å². The van der Waals surface area contributed by atoms with E-state index in [-0.39, 0.29) is 56.0 Å². The molecule has 2 N–H and O–H groups in total. The maximum absolute atomic E-state index is 14.7. The minimum absolute atomic E-state index is 0.00181. The maximum Gasteiger partial charge on any atom is 0.427 e. The lowest BCUT2D eigenvalue weighted by Gasteiger charge is -2.33. The summed E-state index contributed by atoms with van der Waals surface area (Å²) in [6, 6.07) is 9.05. The van der Waals surface area contributed by atoms with Crippen LogP contribution in [0.15, 0.2) is 30.3 Å². The minimum atomic E-state index is -1.62. The minimum Gasteiger partial charge on any atom is -0.465 e. The smallest absolute Gasteiger partial charge is 0.427 e. The highest BCUT2D eigenvalue weighted by atomic mass is 28.3. The highest BCUT2D eigenvalue weighted by Crippen LogP contribution is 2.36. The van der Waals surface area contributed by atoms with Crippen molar-refractivity contribution in [3.05, 3.63) is 41.5 Å². The molecule has 0 radical (unpaired) electrons. The van der Waals surface area contributed by atoms with Gasteiger partial charge in [0.15, 0.2) is 11.6 Å². The second-order valence-corrected chi connectivity index (χ2v) is 31.7. The highest BCUT2D eigenvalue weighted by Gasteiger charge is 2.44. The van der Waals surface area contributed by atoms with E-state index in [0.29, 0.717) is 28.7 Å². The molecule has 0 fully saturated rings. The number of imide groups is 3. The van der Waals surface area contributed by atoms with Gasteiger partial charge in [0.05, 0.1) is 6.61 Å². The lowest BCUT2D eigenvalue weighted by atomic mass is 10.1. The molecular weight excluding hydrogens is 1050 g/mol. The first kappa shape index (κ1) is 69.5.